The number of esters is 1. The van der Waals surface area contributed by atoms with Crippen molar-refractivity contribution in [2.24, 2.45) is 0 Å². The predicted octanol–water partition coefficient (Wildman–Crippen LogP) is 3.14. The molecular formula is C17H15FO4S2. The summed E-state index contributed by atoms with van der Waals surface area (Å²) in [5.74, 6) is -1.44. The second kappa shape index (κ2) is 6.76. The molecular weight excluding hydrogens is 351 g/mol. The van der Waals surface area contributed by atoms with Crippen molar-refractivity contribution < 1.29 is 23.0 Å². The SMILES string of the molecule is CCOC(=O)C(C)c1ccc2c(c1)[S+]([O-])c1cc(F)ccc1[S+]2[O-]. The summed E-state index contributed by atoms with van der Waals surface area (Å²) in [7, 11) is 0. The molecule has 1 aliphatic heterocycles. The smallest absolute Gasteiger partial charge is 0.313 e. The van der Waals surface area contributed by atoms with Crippen LogP contribution in [0.15, 0.2) is 56.0 Å². The van der Waals surface area contributed by atoms with E-state index in [0.717, 1.165) is 6.07 Å². The van der Waals surface area contributed by atoms with Crippen molar-refractivity contribution in [2.75, 3.05) is 6.61 Å². The Kier molecular flexibility index (Phi) is 4.87. The highest BCUT2D eigenvalue weighted by atomic mass is 32.2. The molecule has 0 aromatic heterocycles. The second-order valence-electron chi connectivity index (χ2n) is 5.31. The zero-order valence-corrected chi connectivity index (χ0v) is 14.7. The zero-order valence-electron chi connectivity index (χ0n) is 13.1. The van der Waals surface area contributed by atoms with Crippen LogP contribution in [0.3, 0.4) is 0 Å². The summed E-state index contributed by atoms with van der Waals surface area (Å²) in [6.45, 7) is 3.69. The Morgan fingerprint density at radius 2 is 1.67 bits per heavy atom. The Morgan fingerprint density at radius 3 is 2.33 bits per heavy atom. The molecule has 24 heavy (non-hydrogen) atoms. The van der Waals surface area contributed by atoms with E-state index < -0.39 is 34.1 Å². The minimum Gasteiger partial charge on any atom is -0.606 e. The molecule has 0 bridgehead atoms. The maximum atomic E-state index is 13.5. The number of hydrogen-bond donors (Lipinski definition) is 0. The summed E-state index contributed by atoms with van der Waals surface area (Å²) in [5, 5.41) is 0. The number of benzene rings is 2. The third-order valence-electron chi connectivity index (χ3n) is 3.81. The molecule has 0 amide bonds. The first-order valence-electron chi connectivity index (χ1n) is 7.37. The molecule has 1 heterocycles. The van der Waals surface area contributed by atoms with E-state index in [-0.39, 0.29) is 17.5 Å². The van der Waals surface area contributed by atoms with Crippen LogP contribution in [0, 0.1) is 5.82 Å². The van der Waals surface area contributed by atoms with Crippen LogP contribution in [0.25, 0.3) is 0 Å². The fourth-order valence-corrected chi connectivity index (χ4v) is 5.73. The van der Waals surface area contributed by atoms with Crippen LogP contribution in [0.5, 0.6) is 0 Å². The molecule has 0 fully saturated rings. The van der Waals surface area contributed by atoms with Crippen molar-refractivity contribution in [3.63, 3.8) is 0 Å². The van der Waals surface area contributed by atoms with Gasteiger partial charge in [0.1, 0.15) is 5.82 Å². The molecule has 0 radical (unpaired) electrons. The van der Waals surface area contributed by atoms with Gasteiger partial charge in [-0.15, -0.1) is 0 Å². The normalized spacial score (nSPS) is 20.0. The summed E-state index contributed by atoms with van der Waals surface area (Å²) in [6, 6.07) is 8.64. The summed E-state index contributed by atoms with van der Waals surface area (Å²) < 4.78 is 43.9. The third kappa shape index (κ3) is 2.93. The molecule has 3 unspecified atom stereocenters. The van der Waals surface area contributed by atoms with Crippen molar-refractivity contribution in [1.29, 1.82) is 0 Å². The first-order valence-corrected chi connectivity index (χ1v) is 9.67. The number of ether oxygens (including phenoxy) is 1. The lowest BCUT2D eigenvalue weighted by molar-refractivity contribution is -0.144. The number of carbonyl (C=O) groups is 1. The topological polar surface area (TPSA) is 72.4 Å². The molecule has 0 saturated carbocycles. The summed E-state index contributed by atoms with van der Waals surface area (Å²) >= 11 is -3.18. The lowest BCUT2D eigenvalue weighted by Gasteiger charge is -2.23. The molecule has 3 rings (SSSR count). The van der Waals surface area contributed by atoms with Gasteiger partial charge in [-0.3, -0.25) is 4.79 Å². The molecule has 3 atom stereocenters. The largest absolute Gasteiger partial charge is 0.606 e. The zero-order chi connectivity index (χ0) is 17.4. The molecule has 0 N–H and O–H groups in total. The molecule has 1 aliphatic rings. The first kappa shape index (κ1) is 17.3. The van der Waals surface area contributed by atoms with E-state index >= 15 is 0 Å². The van der Waals surface area contributed by atoms with Gasteiger partial charge in [0.25, 0.3) is 0 Å². The van der Waals surface area contributed by atoms with Crippen LogP contribution in [-0.4, -0.2) is 21.7 Å². The Bertz CT molecular complexity index is 796. The third-order valence-corrected chi connectivity index (χ3v) is 7.06. The monoisotopic (exact) mass is 366 g/mol. The molecule has 7 heteroatoms. The lowest BCUT2D eigenvalue weighted by Crippen LogP contribution is -2.21. The van der Waals surface area contributed by atoms with Gasteiger partial charge in [0, 0.05) is 40.6 Å². The molecule has 4 nitrogen and oxygen atoms in total. The lowest BCUT2D eigenvalue weighted by atomic mass is 10.0. The van der Waals surface area contributed by atoms with Crippen LogP contribution in [0.1, 0.15) is 25.3 Å². The van der Waals surface area contributed by atoms with E-state index in [1.807, 2.05) is 0 Å². The van der Waals surface area contributed by atoms with E-state index in [9.17, 15) is 18.3 Å². The van der Waals surface area contributed by atoms with Crippen LogP contribution < -0.4 is 0 Å². The van der Waals surface area contributed by atoms with Gasteiger partial charge in [-0.1, -0.05) is 6.07 Å². The minimum absolute atomic E-state index is 0.210. The van der Waals surface area contributed by atoms with Crippen molar-refractivity contribution >= 4 is 28.3 Å². The van der Waals surface area contributed by atoms with Crippen molar-refractivity contribution in [3.05, 3.63) is 47.8 Å². The van der Waals surface area contributed by atoms with Crippen molar-refractivity contribution in [3.8, 4) is 0 Å². The highest BCUT2D eigenvalue weighted by Crippen LogP contribution is 2.41. The van der Waals surface area contributed by atoms with Crippen molar-refractivity contribution in [2.45, 2.75) is 39.3 Å². The number of carbonyl (C=O) groups excluding carboxylic acids is 1. The summed E-state index contributed by atoms with van der Waals surface area (Å²) in [5.41, 5.74) is 0.623. The molecule has 0 spiro atoms. The van der Waals surface area contributed by atoms with E-state index in [2.05, 4.69) is 0 Å². The van der Waals surface area contributed by atoms with E-state index in [1.165, 1.54) is 12.1 Å². The van der Waals surface area contributed by atoms with Gasteiger partial charge in [-0.05, 0) is 31.5 Å². The Morgan fingerprint density at radius 1 is 1.08 bits per heavy atom. The Hall–Kier alpha value is -1.54. The van der Waals surface area contributed by atoms with Gasteiger partial charge in [0.05, 0.1) is 12.5 Å². The van der Waals surface area contributed by atoms with E-state index in [1.54, 1.807) is 32.0 Å². The molecule has 0 aliphatic carbocycles. The minimum atomic E-state index is -1.65. The second-order valence-corrected chi connectivity index (χ2v) is 8.14. The quantitative estimate of drug-likeness (QED) is 0.618. The maximum absolute atomic E-state index is 13.5. The van der Waals surface area contributed by atoms with Gasteiger partial charge in [-0.25, -0.2) is 4.39 Å². The van der Waals surface area contributed by atoms with Gasteiger partial charge < -0.3 is 13.8 Å². The highest BCUT2D eigenvalue weighted by molar-refractivity contribution is 7.97. The highest BCUT2D eigenvalue weighted by Gasteiger charge is 2.40. The fourth-order valence-electron chi connectivity index (χ4n) is 2.51. The van der Waals surface area contributed by atoms with Gasteiger partial charge in [0.2, 0.25) is 19.6 Å². The summed E-state index contributed by atoms with van der Waals surface area (Å²) in [6.07, 6.45) is 0. The van der Waals surface area contributed by atoms with Crippen LogP contribution in [-0.2, 0) is 31.9 Å². The van der Waals surface area contributed by atoms with Crippen LogP contribution in [0.2, 0.25) is 0 Å². The van der Waals surface area contributed by atoms with E-state index in [4.69, 9.17) is 4.74 Å². The number of hydrogen-bond acceptors (Lipinski definition) is 4. The standard InChI is InChI=1S/C17H15FO4S2/c1-3-22-17(19)10(2)11-4-6-13-15(8-11)24(21)16-9-12(18)5-7-14(16)23(13)20/h4-10H,3H2,1-2H3. The first-order chi connectivity index (χ1) is 11.4. The van der Waals surface area contributed by atoms with E-state index in [0.29, 0.717) is 20.2 Å². The molecule has 2 aromatic carbocycles. The fraction of sp³-hybridized carbons (Fsp3) is 0.235. The van der Waals surface area contributed by atoms with Gasteiger partial charge in [0.15, 0.2) is 0 Å². The van der Waals surface area contributed by atoms with Gasteiger partial charge in [-0.2, -0.15) is 0 Å². The Balaban J connectivity index is 2.03. The average molecular weight is 366 g/mol. The number of fused-ring (bicyclic) bond motifs is 2. The number of rotatable bonds is 3. The van der Waals surface area contributed by atoms with Gasteiger partial charge >= 0.3 is 5.97 Å². The molecule has 126 valence electrons. The Labute approximate surface area is 145 Å². The number of halogens is 1. The van der Waals surface area contributed by atoms with Crippen molar-refractivity contribution in [1.82, 2.24) is 0 Å². The summed E-state index contributed by atoms with van der Waals surface area (Å²) in [4.78, 5) is 13.2. The molecule has 0 saturated heterocycles. The maximum Gasteiger partial charge on any atom is 0.313 e. The molecule has 2 aromatic rings. The average Bonchev–Trinajstić information content (AvgIpc) is 2.58. The van der Waals surface area contributed by atoms with Crippen LogP contribution >= 0.6 is 0 Å². The predicted molar refractivity (Wildman–Crippen MR) is 87.2 cm³/mol. The van der Waals surface area contributed by atoms with Crippen LogP contribution in [0.4, 0.5) is 4.39 Å².